The van der Waals surface area contributed by atoms with Crippen molar-refractivity contribution in [2.75, 3.05) is 18.4 Å². The number of nitrogens with zero attached hydrogens (tertiary/aromatic N) is 5. The summed E-state index contributed by atoms with van der Waals surface area (Å²) in [6.07, 6.45) is 3.33. The first-order chi connectivity index (χ1) is 11.6. The Kier molecular flexibility index (Phi) is 4.80. The number of hydrogen-bond acceptors (Lipinski definition) is 7. The molecule has 124 valence electrons. The highest BCUT2D eigenvalue weighted by molar-refractivity contribution is 7.11. The van der Waals surface area contributed by atoms with Crippen LogP contribution in [-0.2, 0) is 0 Å². The molecule has 0 saturated heterocycles. The molecule has 8 nitrogen and oxygen atoms in total. The van der Waals surface area contributed by atoms with Crippen molar-refractivity contribution < 1.29 is 4.79 Å². The zero-order valence-electron chi connectivity index (χ0n) is 13.4. The van der Waals surface area contributed by atoms with E-state index in [9.17, 15) is 4.79 Å². The van der Waals surface area contributed by atoms with Gasteiger partial charge in [0.2, 0.25) is 0 Å². The van der Waals surface area contributed by atoms with E-state index in [-0.39, 0.29) is 5.91 Å². The highest BCUT2D eigenvalue weighted by Crippen LogP contribution is 2.11. The molecular weight excluding hydrogens is 326 g/mol. The number of anilines is 1. The minimum Gasteiger partial charge on any atom is -0.368 e. The van der Waals surface area contributed by atoms with Crippen molar-refractivity contribution in [3.8, 4) is 5.82 Å². The van der Waals surface area contributed by atoms with E-state index in [1.165, 1.54) is 17.7 Å². The van der Waals surface area contributed by atoms with E-state index in [0.29, 0.717) is 29.6 Å². The maximum atomic E-state index is 12.0. The second-order valence-corrected chi connectivity index (χ2v) is 5.97. The fourth-order valence-electron chi connectivity index (χ4n) is 2.08. The molecule has 3 aromatic heterocycles. The molecule has 0 atom stereocenters. The van der Waals surface area contributed by atoms with Crippen LogP contribution in [0.2, 0.25) is 0 Å². The minimum absolute atomic E-state index is 0.104. The lowest BCUT2D eigenvalue weighted by Gasteiger charge is -2.08. The number of aromatic nitrogens is 5. The van der Waals surface area contributed by atoms with E-state index in [1.54, 1.807) is 10.2 Å². The maximum Gasteiger partial charge on any atom is 0.263 e. The summed E-state index contributed by atoms with van der Waals surface area (Å²) in [4.78, 5) is 25.1. The Labute approximate surface area is 143 Å². The van der Waals surface area contributed by atoms with Crippen molar-refractivity contribution in [3.05, 3.63) is 46.4 Å². The van der Waals surface area contributed by atoms with Crippen molar-refractivity contribution in [2.45, 2.75) is 13.8 Å². The molecule has 0 aliphatic carbocycles. The zero-order valence-corrected chi connectivity index (χ0v) is 14.2. The number of hydrogen-bond donors (Lipinski definition) is 2. The average molecular weight is 343 g/mol. The lowest BCUT2D eigenvalue weighted by Crippen LogP contribution is -2.28. The highest BCUT2D eigenvalue weighted by Gasteiger charge is 2.10. The van der Waals surface area contributed by atoms with Crippen molar-refractivity contribution in [1.82, 2.24) is 30.0 Å². The summed E-state index contributed by atoms with van der Waals surface area (Å²) in [6, 6.07) is 3.72. The minimum atomic E-state index is -0.104. The number of amides is 1. The summed E-state index contributed by atoms with van der Waals surface area (Å²) in [6.45, 7) is 4.78. The maximum absolute atomic E-state index is 12.0. The number of thiazole rings is 1. The Bertz CT molecular complexity index is 842. The summed E-state index contributed by atoms with van der Waals surface area (Å²) < 4.78 is 1.69. The number of carbonyl (C=O) groups excluding carboxylic acids is 1. The van der Waals surface area contributed by atoms with Crippen LogP contribution in [0, 0.1) is 13.8 Å². The topological polar surface area (TPSA) is 97.6 Å². The molecule has 3 heterocycles. The van der Waals surface area contributed by atoms with Crippen LogP contribution in [0.3, 0.4) is 0 Å². The van der Waals surface area contributed by atoms with Gasteiger partial charge >= 0.3 is 0 Å². The smallest absolute Gasteiger partial charge is 0.263 e. The van der Waals surface area contributed by atoms with E-state index in [1.807, 2.05) is 32.2 Å². The predicted molar refractivity (Wildman–Crippen MR) is 91.6 cm³/mol. The van der Waals surface area contributed by atoms with E-state index < -0.39 is 0 Å². The van der Waals surface area contributed by atoms with Crippen LogP contribution in [0.1, 0.15) is 21.1 Å². The van der Waals surface area contributed by atoms with Gasteiger partial charge in [-0.1, -0.05) is 0 Å². The number of carbonyl (C=O) groups is 1. The largest absolute Gasteiger partial charge is 0.368 e. The van der Waals surface area contributed by atoms with Crippen molar-refractivity contribution in [2.24, 2.45) is 0 Å². The first kappa shape index (κ1) is 16.1. The third kappa shape index (κ3) is 3.74. The summed E-state index contributed by atoms with van der Waals surface area (Å²) >= 11 is 1.34. The van der Waals surface area contributed by atoms with Gasteiger partial charge < -0.3 is 10.6 Å². The molecule has 0 aliphatic rings. The molecular formula is C15H17N7OS. The molecule has 0 bridgehead atoms. The third-order valence-electron chi connectivity index (χ3n) is 3.28. The molecule has 9 heteroatoms. The summed E-state index contributed by atoms with van der Waals surface area (Å²) in [5.41, 5.74) is 3.34. The zero-order chi connectivity index (χ0) is 16.9. The lowest BCUT2D eigenvalue weighted by molar-refractivity contribution is 0.0958. The molecule has 3 rings (SSSR count). The molecule has 1 amide bonds. The van der Waals surface area contributed by atoms with Gasteiger partial charge in [0.15, 0.2) is 5.82 Å². The number of rotatable bonds is 6. The van der Waals surface area contributed by atoms with Gasteiger partial charge in [-0.25, -0.2) is 19.6 Å². The van der Waals surface area contributed by atoms with Crippen LogP contribution in [0.5, 0.6) is 0 Å². The number of nitrogens with one attached hydrogen (secondary N) is 2. The van der Waals surface area contributed by atoms with Gasteiger partial charge in [-0.2, -0.15) is 5.10 Å². The summed E-state index contributed by atoms with van der Waals surface area (Å²) in [5, 5.41) is 10.3. The standard InChI is InChI=1S/C15H17N7OS/c1-10-3-6-22(21-10)13-7-12(18-8-19-13)16-4-5-17-15(23)14-11(2)20-9-24-14/h3,6-9H,4-5H2,1-2H3,(H,17,23)(H,16,18,19). The summed E-state index contributed by atoms with van der Waals surface area (Å²) in [7, 11) is 0. The van der Waals surface area contributed by atoms with Crippen LogP contribution in [-0.4, -0.2) is 43.7 Å². The van der Waals surface area contributed by atoms with Crippen LogP contribution < -0.4 is 10.6 Å². The van der Waals surface area contributed by atoms with Gasteiger partial charge in [-0.15, -0.1) is 11.3 Å². The Morgan fingerprint density at radius 3 is 2.83 bits per heavy atom. The van der Waals surface area contributed by atoms with Crippen LogP contribution in [0.25, 0.3) is 5.82 Å². The van der Waals surface area contributed by atoms with Gasteiger partial charge in [0.05, 0.1) is 16.9 Å². The molecule has 0 spiro atoms. The number of aryl methyl sites for hydroxylation is 2. The first-order valence-electron chi connectivity index (χ1n) is 7.40. The van der Waals surface area contributed by atoms with E-state index in [4.69, 9.17) is 0 Å². The Hall–Kier alpha value is -2.81. The summed E-state index contributed by atoms with van der Waals surface area (Å²) in [5.74, 6) is 1.26. The molecule has 0 unspecified atom stereocenters. The molecule has 0 aliphatic heterocycles. The van der Waals surface area contributed by atoms with Gasteiger partial charge in [0.1, 0.15) is 17.0 Å². The Balaban J connectivity index is 1.52. The Morgan fingerprint density at radius 2 is 2.12 bits per heavy atom. The van der Waals surface area contributed by atoms with Gasteiger partial charge in [0, 0.05) is 25.4 Å². The van der Waals surface area contributed by atoms with Crippen LogP contribution >= 0.6 is 11.3 Å². The first-order valence-corrected chi connectivity index (χ1v) is 8.28. The van der Waals surface area contributed by atoms with Crippen molar-refractivity contribution in [3.63, 3.8) is 0 Å². The molecule has 0 saturated carbocycles. The quantitative estimate of drug-likeness (QED) is 0.660. The van der Waals surface area contributed by atoms with Crippen molar-refractivity contribution in [1.29, 1.82) is 0 Å². The highest BCUT2D eigenvalue weighted by atomic mass is 32.1. The normalized spacial score (nSPS) is 10.6. The van der Waals surface area contributed by atoms with E-state index in [0.717, 1.165) is 11.4 Å². The van der Waals surface area contributed by atoms with Gasteiger partial charge in [-0.05, 0) is 19.9 Å². The van der Waals surface area contributed by atoms with Gasteiger partial charge in [0.25, 0.3) is 5.91 Å². The fraction of sp³-hybridized carbons (Fsp3) is 0.267. The average Bonchev–Trinajstić information content (AvgIpc) is 3.20. The lowest BCUT2D eigenvalue weighted by atomic mass is 10.4. The van der Waals surface area contributed by atoms with Crippen molar-refractivity contribution >= 4 is 23.1 Å². The molecule has 0 fully saturated rings. The fourth-order valence-corrected chi connectivity index (χ4v) is 2.80. The molecule has 0 radical (unpaired) electrons. The predicted octanol–water partition coefficient (Wildman–Crippen LogP) is 1.58. The van der Waals surface area contributed by atoms with Gasteiger partial charge in [-0.3, -0.25) is 4.79 Å². The Morgan fingerprint density at radius 1 is 1.25 bits per heavy atom. The van der Waals surface area contributed by atoms with E-state index in [2.05, 4.69) is 30.7 Å². The second kappa shape index (κ2) is 7.18. The van der Waals surface area contributed by atoms with E-state index >= 15 is 0 Å². The molecule has 0 aromatic carbocycles. The monoisotopic (exact) mass is 343 g/mol. The van der Waals surface area contributed by atoms with Crippen LogP contribution in [0.4, 0.5) is 5.82 Å². The third-order valence-corrected chi connectivity index (χ3v) is 4.21. The molecule has 3 aromatic rings. The molecule has 2 N–H and O–H groups in total. The second-order valence-electron chi connectivity index (χ2n) is 5.11. The molecule has 24 heavy (non-hydrogen) atoms. The van der Waals surface area contributed by atoms with Crippen LogP contribution in [0.15, 0.2) is 30.2 Å². The SMILES string of the molecule is Cc1ccn(-c2cc(NCCNC(=O)c3scnc3C)ncn2)n1.